The second-order valence-electron chi connectivity index (χ2n) is 8.81. The van der Waals surface area contributed by atoms with Gasteiger partial charge in [-0.05, 0) is 37.0 Å². The quantitative estimate of drug-likeness (QED) is 0.157. The number of piperidine rings is 1. The van der Waals surface area contributed by atoms with Gasteiger partial charge in [0.1, 0.15) is 0 Å². The number of amides is 2. The predicted molar refractivity (Wildman–Crippen MR) is 128 cm³/mol. The predicted octanol–water partition coefficient (Wildman–Crippen LogP) is 0.248. The molecule has 2 heterocycles. The molecule has 4 rings (SSSR count). The summed E-state index contributed by atoms with van der Waals surface area (Å²) in [6.07, 6.45) is 8.02. The van der Waals surface area contributed by atoms with Crippen molar-refractivity contribution in [1.82, 2.24) is 19.8 Å². The Balaban J connectivity index is 0.00000272. The van der Waals surface area contributed by atoms with Crippen LogP contribution in [0.4, 0.5) is 0 Å². The number of imide groups is 1. The number of aliphatic imine (C=N–C) groups is 1. The number of guanidine groups is 1. The van der Waals surface area contributed by atoms with Crippen LogP contribution in [0.25, 0.3) is 0 Å². The van der Waals surface area contributed by atoms with E-state index in [0.717, 1.165) is 19.3 Å². The number of allylic oxidation sites excluding steroid dienone is 2. The van der Waals surface area contributed by atoms with Gasteiger partial charge in [0, 0.05) is 39.8 Å². The van der Waals surface area contributed by atoms with Crippen LogP contribution < -0.4 is 10.6 Å². The highest BCUT2D eigenvalue weighted by atomic mass is 127. The van der Waals surface area contributed by atoms with E-state index in [0.29, 0.717) is 44.6 Å². The lowest BCUT2D eigenvalue weighted by atomic mass is 9.85. The molecule has 31 heavy (non-hydrogen) atoms. The standard InChI is InChI=1S/C20H31N5O4S.HI/c1-21-20(23-12-13-5-8-24(9-6-13)30(2,28)29)22-7-10-25-18(26)16-14-3-4-15(11-14)17(16)19(25)27;/h3-4,13-17H,5-12H2,1-2H3,(H2,21,22,23);1H. The maximum atomic E-state index is 12.7. The maximum Gasteiger partial charge on any atom is 0.233 e. The number of rotatable bonds is 6. The topological polar surface area (TPSA) is 111 Å². The van der Waals surface area contributed by atoms with Gasteiger partial charge in [0.2, 0.25) is 21.8 Å². The second-order valence-corrected chi connectivity index (χ2v) is 10.8. The van der Waals surface area contributed by atoms with E-state index in [1.54, 1.807) is 7.05 Å². The van der Waals surface area contributed by atoms with Crippen LogP contribution in [-0.4, -0.2) is 81.4 Å². The molecule has 174 valence electrons. The van der Waals surface area contributed by atoms with Gasteiger partial charge in [0.25, 0.3) is 0 Å². The zero-order chi connectivity index (χ0) is 21.5. The van der Waals surface area contributed by atoms with Crippen molar-refractivity contribution in [3.8, 4) is 0 Å². The first kappa shape index (κ1) is 24.4. The monoisotopic (exact) mass is 565 g/mol. The van der Waals surface area contributed by atoms with Crippen LogP contribution in [0.5, 0.6) is 0 Å². The molecule has 0 spiro atoms. The Labute approximate surface area is 201 Å². The fourth-order valence-electron chi connectivity index (χ4n) is 5.38. The molecule has 4 unspecified atom stereocenters. The van der Waals surface area contributed by atoms with Gasteiger partial charge in [-0.25, -0.2) is 12.7 Å². The van der Waals surface area contributed by atoms with E-state index in [9.17, 15) is 18.0 Å². The van der Waals surface area contributed by atoms with Gasteiger partial charge < -0.3 is 10.6 Å². The molecule has 2 amide bonds. The highest BCUT2D eigenvalue weighted by Crippen LogP contribution is 2.52. The molecule has 1 saturated carbocycles. The van der Waals surface area contributed by atoms with Gasteiger partial charge in [0.05, 0.1) is 18.1 Å². The molecule has 0 aromatic heterocycles. The Bertz CT molecular complexity index is 839. The molecule has 4 aliphatic rings. The molecule has 2 N–H and O–H groups in total. The number of halogens is 1. The number of nitrogens with zero attached hydrogens (tertiary/aromatic N) is 3. The molecular weight excluding hydrogens is 533 g/mol. The maximum absolute atomic E-state index is 12.7. The summed E-state index contributed by atoms with van der Waals surface area (Å²) in [5.74, 6) is 1.13. The summed E-state index contributed by atoms with van der Waals surface area (Å²) in [5.41, 5.74) is 0. The van der Waals surface area contributed by atoms with E-state index >= 15 is 0 Å². The smallest absolute Gasteiger partial charge is 0.233 e. The summed E-state index contributed by atoms with van der Waals surface area (Å²) in [4.78, 5) is 31.1. The normalized spacial score (nSPS) is 31.2. The first-order chi connectivity index (χ1) is 14.3. The zero-order valence-corrected chi connectivity index (χ0v) is 21.1. The zero-order valence-electron chi connectivity index (χ0n) is 18.0. The van der Waals surface area contributed by atoms with Crippen molar-refractivity contribution < 1.29 is 18.0 Å². The molecular formula is C20H32IN5O4S. The van der Waals surface area contributed by atoms with Crippen LogP contribution in [0.3, 0.4) is 0 Å². The largest absolute Gasteiger partial charge is 0.356 e. The van der Waals surface area contributed by atoms with Crippen molar-refractivity contribution in [1.29, 1.82) is 0 Å². The third-order valence-corrected chi connectivity index (χ3v) is 8.32. The van der Waals surface area contributed by atoms with Crippen LogP contribution >= 0.6 is 24.0 Å². The minimum Gasteiger partial charge on any atom is -0.356 e. The average Bonchev–Trinajstić information content (AvgIpc) is 3.39. The average molecular weight is 565 g/mol. The Morgan fingerprint density at radius 3 is 2.19 bits per heavy atom. The van der Waals surface area contributed by atoms with Crippen LogP contribution in [0.15, 0.2) is 17.1 Å². The van der Waals surface area contributed by atoms with Crippen molar-refractivity contribution in [2.24, 2.45) is 34.6 Å². The van der Waals surface area contributed by atoms with E-state index < -0.39 is 10.0 Å². The van der Waals surface area contributed by atoms with Crippen molar-refractivity contribution >= 4 is 51.8 Å². The summed E-state index contributed by atoms with van der Waals surface area (Å²) in [7, 11) is -1.43. The Morgan fingerprint density at radius 1 is 1.10 bits per heavy atom. The fraction of sp³-hybridized carbons (Fsp3) is 0.750. The lowest BCUT2D eigenvalue weighted by Crippen LogP contribution is -2.46. The number of fused-ring (bicyclic) bond motifs is 5. The number of sulfonamides is 1. The van der Waals surface area contributed by atoms with Crippen LogP contribution in [0.2, 0.25) is 0 Å². The number of hydrogen-bond acceptors (Lipinski definition) is 5. The molecule has 0 aromatic carbocycles. The lowest BCUT2D eigenvalue weighted by molar-refractivity contribution is -0.140. The highest BCUT2D eigenvalue weighted by Gasteiger charge is 2.58. The van der Waals surface area contributed by atoms with Gasteiger partial charge in [0.15, 0.2) is 5.96 Å². The van der Waals surface area contributed by atoms with Gasteiger partial charge in [-0.1, -0.05) is 12.2 Å². The summed E-state index contributed by atoms with van der Waals surface area (Å²) < 4.78 is 24.7. The first-order valence-corrected chi connectivity index (χ1v) is 12.6. The Morgan fingerprint density at radius 2 is 1.68 bits per heavy atom. The van der Waals surface area contributed by atoms with Gasteiger partial charge in [-0.3, -0.25) is 19.5 Å². The number of likely N-dealkylation sites (tertiary alicyclic amines) is 1. The molecule has 9 nitrogen and oxygen atoms in total. The van der Waals surface area contributed by atoms with Gasteiger partial charge in [-0.15, -0.1) is 24.0 Å². The van der Waals surface area contributed by atoms with Crippen LogP contribution in [0, 0.1) is 29.6 Å². The van der Waals surface area contributed by atoms with Crippen molar-refractivity contribution in [3.05, 3.63) is 12.2 Å². The highest BCUT2D eigenvalue weighted by molar-refractivity contribution is 14.0. The molecule has 4 atom stereocenters. The third-order valence-electron chi connectivity index (χ3n) is 7.01. The summed E-state index contributed by atoms with van der Waals surface area (Å²) >= 11 is 0. The minimum absolute atomic E-state index is 0. The summed E-state index contributed by atoms with van der Waals surface area (Å²) in [6.45, 7) is 2.60. The molecule has 11 heteroatoms. The first-order valence-electron chi connectivity index (χ1n) is 10.7. The number of nitrogens with one attached hydrogen (secondary N) is 2. The van der Waals surface area contributed by atoms with Crippen molar-refractivity contribution in [2.45, 2.75) is 19.3 Å². The molecule has 3 fully saturated rings. The van der Waals surface area contributed by atoms with Gasteiger partial charge in [-0.2, -0.15) is 0 Å². The third kappa shape index (κ3) is 4.92. The van der Waals surface area contributed by atoms with E-state index in [1.165, 1.54) is 15.5 Å². The molecule has 2 aliphatic carbocycles. The summed E-state index contributed by atoms with van der Waals surface area (Å²) in [5, 5.41) is 6.46. The van der Waals surface area contributed by atoms with E-state index in [2.05, 4.69) is 27.8 Å². The minimum atomic E-state index is -3.11. The SMILES string of the molecule is CN=C(NCCN1C(=O)C2C3C=CC(C3)C2C1=O)NCC1CCN(S(C)(=O)=O)CC1.I. The molecule has 0 radical (unpaired) electrons. The van der Waals surface area contributed by atoms with Crippen LogP contribution in [0.1, 0.15) is 19.3 Å². The fourth-order valence-corrected chi connectivity index (χ4v) is 6.25. The lowest BCUT2D eigenvalue weighted by Gasteiger charge is -2.30. The van der Waals surface area contributed by atoms with E-state index in [4.69, 9.17) is 0 Å². The molecule has 2 aliphatic heterocycles. The van der Waals surface area contributed by atoms with Crippen molar-refractivity contribution in [2.75, 3.05) is 46.0 Å². The van der Waals surface area contributed by atoms with E-state index in [-0.39, 0.29) is 59.5 Å². The molecule has 0 aromatic rings. The second kappa shape index (κ2) is 9.74. The molecule has 2 saturated heterocycles. The van der Waals surface area contributed by atoms with Crippen molar-refractivity contribution in [3.63, 3.8) is 0 Å². The van der Waals surface area contributed by atoms with Crippen LogP contribution in [-0.2, 0) is 19.6 Å². The summed E-state index contributed by atoms with van der Waals surface area (Å²) in [6, 6.07) is 0. The molecule has 2 bridgehead atoms. The van der Waals surface area contributed by atoms with E-state index in [1.807, 2.05) is 0 Å². The van der Waals surface area contributed by atoms with Gasteiger partial charge >= 0.3 is 0 Å². The number of carbonyl (C=O) groups is 2. The Hall–Kier alpha value is -1.21. The number of hydrogen-bond donors (Lipinski definition) is 2. The Kier molecular flexibility index (Phi) is 7.67. The number of carbonyl (C=O) groups excluding carboxylic acids is 2.